The number of carboxylic acid groups (broad SMARTS) is 1. The average molecular weight is 517 g/mol. The molecule has 0 fully saturated rings. The number of carbonyl (C=O) groups is 1. The van der Waals surface area contributed by atoms with Crippen LogP contribution >= 0.6 is 0 Å². The SMILES string of the molecule is COc1cccc(CC2CCCc3c2nn(-c2ccc(F)cc2)c3/C=C/[C@H](O)C[C@H](O)CC(=O)[O-])c1.[Na+]. The van der Waals surface area contributed by atoms with E-state index in [1.807, 2.05) is 18.2 Å². The molecule has 4 rings (SSSR count). The molecule has 1 aromatic heterocycles. The van der Waals surface area contributed by atoms with Gasteiger partial charge in [0.15, 0.2) is 0 Å². The Bertz CT molecular complexity index is 1230. The van der Waals surface area contributed by atoms with E-state index in [0.29, 0.717) is 5.69 Å². The standard InChI is InChI=1S/C28H31FN2O5.Na/c1-36-24-6-2-4-18(15-24)14-19-5-3-7-25-26(13-12-22(32)16-23(33)17-27(34)35)31(30-28(19)25)21-10-8-20(29)9-11-21;/h2,4,6,8-13,15,19,22-23,32-33H,3,5,7,14,16-17H2,1H3,(H,34,35);/q;+1/p-1/b13-12+;/t19?,22-,23-;/m0./s1. The van der Waals surface area contributed by atoms with Crippen LogP contribution < -0.4 is 39.4 Å². The molecule has 190 valence electrons. The molecule has 1 unspecified atom stereocenters. The average Bonchev–Trinajstić information content (AvgIpc) is 3.22. The van der Waals surface area contributed by atoms with Gasteiger partial charge in [-0.25, -0.2) is 9.07 Å². The predicted octanol–water partition coefficient (Wildman–Crippen LogP) is -0.0483. The number of carbonyl (C=O) groups excluding carboxylic acids is 1. The molecular formula is C28H30FN2NaO5. The first kappa shape index (κ1) is 29.1. The van der Waals surface area contributed by atoms with Crippen molar-refractivity contribution in [2.75, 3.05) is 7.11 Å². The summed E-state index contributed by atoms with van der Waals surface area (Å²) in [5.41, 5.74) is 4.66. The van der Waals surface area contributed by atoms with Gasteiger partial charge in [0, 0.05) is 30.3 Å². The van der Waals surface area contributed by atoms with Crippen LogP contribution in [0.5, 0.6) is 5.75 Å². The van der Waals surface area contributed by atoms with Crippen LogP contribution in [0, 0.1) is 5.82 Å². The Kier molecular flexibility index (Phi) is 10.5. The molecule has 0 saturated heterocycles. The third-order valence-electron chi connectivity index (χ3n) is 6.50. The topological polar surface area (TPSA) is 108 Å². The molecule has 0 saturated carbocycles. The fourth-order valence-corrected chi connectivity index (χ4v) is 4.80. The quantitative estimate of drug-likeness (QED) is 0.366. The Labute approximate surface area is 237 Å². The van der Waals surface area contributed by atoms with E-state index in [-0.39, 0.29) is 47.7 Å². The molecule has 1 aliphatic carbocycles. The molecule has 37 heavy (non-hydrogen) atoms. The van der Waals surface area contributed by atoms with Crippen LogP contribution in [-0.2, 0) is 17.6 Å². The van der Waals surface area contributed by atoms with Crippen LogP contribution in [0.1, 0.15) is 54.1 Å². The normalized spacial score (nSPS) is 16.6. The largest absolute Gasteiger partial charge is 1.00 e. The van der Waals surface area contributed by atoms with Gasteiger partial charge >= 0.3 is 29.6 Å². The van der Waals surface area contributed by atoms with Crippen LogP contribution in [0.2, 0.25) is 0 Å². The van der Waals surface area contributed by atoms with Crippen LogP contribution in [0.4, 0.5) is 4.39 Å². The van der Waals surface area contributed by atoms with E-state index in [1.54, 1.807) is 30.0 Å². The van der Waals surface area contributed by atoms with Crippen molar-refractivity contribution in [2.24, 2.45) is 0 Å². The van der Waals surface area contributed by atoms with Gasteiger partial charge in [0.1, 0.15) is 11.6 Å². The zero-order chi connectivity index (χ0) is 25.7. The molecule has 2 N–H and O–H groups in total. The Morgan fingerprint density at radius 1 is 1.27 bits per heavy atom. The van der Waals surface area contributed by atoms with Crippen LogP contribution in [0.15, 0.2) is 54.6 Å². The third-order valence-corrected chi connectivity index (χ3v) is 6.50. The van der Waals surface area contributed by atoms with E-state index in [4.69, 9.17) is 9.84 Å². The summed E-state index contributed by atoms with van der Waals surface area (Å²) >= 11 is 0. The molecule has 0 spiro atoms. The number of ether oxygens (including phenoxy) is 1. The molecule has 1 aliphatic rings. The Morgan fingerprint density at radius 3 is 2.73 bits per heavy atom. The third kappa shape index (κ3) is 7.52. The van der Waals surface area contributed by atoms with Crippen molar-refractivity contribution in [1.82, 2.24) is 9.78 Å². The molecule has 1 heterocycles. The van der Waals surface area contributed by atoms with E-state index >= 15 is 0 Å². The number of rotatable bonds is 10. The van der Waals surface area contributed by atoms with Crippen molar-refractivity contribution >= 4 is 12.0 Å². The second kappa shape index (κ2) is 13.3. The molecule has 7 nitrogen and oxygen atoms in total. The number of aliphatic hydroxyl groups excluding tert-OH is 2. The van der Waals surface area contributed by atoms with Crippen molar-refractivity contribution in [3.05, 3.63) is 82.9 Å². The van der Waals surface area contributed by atoms with Crippen molar-refractivity contribution < 1.29 is 58.8 Å². The summed E-state index contributed by atoms with van der Waals surface area (Å²) in [7, 11) is 1.65. The number of methoxy groups -OCH3 is 1. The first-order chi connectivity index (χ1) is 17.3. The zero-order valence-corrected chi connectivity index (χ0v) is 23.1. The number of halogens is 1. The van der Waals surface area contributed by atoms with Gasteiger partial charge < -0.3 is 24.9 Å². The number of benzene rings is 2. The zero-order valence-electron chi connectivity index (χ0n) is 21.1. The van der Waals surface area contributed by atoms with Crippen molar-refractivity contribution in [2.45, 2.75) is 56.7 Å². The Balaban J connectivity index is 0.00000380. The summed E-state index contributed by atoms with van der Waals surface area (Å²) in [5, 5.41) is 35.9. The van der Waals surface area contributed by atoms with Crippen LogP contribution in [0.3, 0.4) is 0 Å². The number of fused-ring (bicyclic) bond motifs is 1. The molecule has 0 radical (unpaired) electrons. The Morgan fingerprint density at radius 2 is 2.03 bits per heavy atom. The molecule has 3 aromatic rings. The minimum absolute atomic E-state index is 0. The van der Waals surface area contributed by atoms with Gasteiger partial charge in [-0.15, -0.1) is 0 Å². The van der Waals surface area contributed by atoms with Gasteiger partial charge in [-0.3, -0.25) is 0 Å². The number of aliphatic carboxylic acids is 1. The minimum atomic E-state index is -1.37. The van der Waals surface area contributed by atoms with E-state index in [0.717, 1.165) is 53.9 Å². The van der Waals surface area contributed by atoms with Gasteiger partial charge in [-0.1, -0.05) is 18.2 Å². The van der Waals surface area contributed by atoms with Crippen molar-refractivity contribution in [1.29, 1.82) is 0 Å². The van der Waals surface area contributed by atoms with Gasteiger partial charge in [-0.2, -0.15) is 5.10 Å². The van der Waals surface area contributed by atoms with Gasteiger partial charge in [0.05, 0.1) is 36.4 Å². The number of hydrogen-bond donors (Lipinski definition) is 2. The maximum atomic E-state index is 13.6. The molecule has 3 atom stereocenters. The summed E-state index contributed by atoms with van der Waals surface area (Å²) in [6.45, 7) is 0. The van der Waals surface area contributed by atoms with E-state index < -0.39 is 24.6 Å². The Hall–Kier alpha value is -2.49. The number of hydrogen-bond acceptors (Lipinski definition) is 6. The molecule has 9 heteroatoms. The fraction of sp³-hybridized carbons (Fsp3) is 0.357. The van der Waals surface area contributed by atoms with Gasteiger partial charge in [0.25, 0.3) is 0 Å². The summed E-state index contributed by atoms with van der Waals surface area (Å²) in [6, 6.07) is 14.1. The van der Waals surface area contributed by atoms with Crippen LogP contribution in [0.25, 0.3) is 11.8 Å². The summed E-state index contributed by atoms with van der Waals surface area (Å²) in [6.07, 6.45) is 3.91. The summed E-state index contributed by atoms with van der Waals surface area (Å²) in [5.74, 6) is -0.728. The summed E-state index contributed by atoms with van der Waals surface area (Å²) < 4.78 is 20.7. The van der Waals surface area contributed by atoms with Gasteiger partial charge in [0.2, 0.25) is 0 Å². The van der Waals surface area contributed by atoms with E-state index in [9.17, 15) is 24.5 Å². The van der Waals surface area contributed by atoms with E-state index in [1.165, 1.54) is 18.2 Å². The monoisotopic (exact) mass is 516 g/mol. The number of aromatic nitrogens is 2. The molecule has 0 amide bonds. The maximum absolute atomic E-state index is 13.6. The first-order valence-corrected chi connectivity index (χ1v) is 12.1. The minimum Gasteiger partial charge on any atom is -0.550 e. The second-order valence-electron chi connectivity index (χ2n) is 9.17. The van der Waals surface area contributed by atoms with Crippen molar-refractivity contribution in [3.63, 3.8) is 0 Å². The fourth-order valence-electron chi connectivity index (χ4n) is 4.80. The molecule has 0 aliphatic heterocycles. The number of aliphatic hydroxyl groups is 2. The molecular weight excluding hydrogens is 486 g/mol. The molecule has 2 aromatic carbocycles. The molecule has 0 bridgehead atoms. The first-order valence-electron chi connectivity index (χ1n) is 12.1. The van der Waals surface area contributed by atoms with Gasteiger partial charge in [-0.05, 0) is 73.7 Å². The smallest absolute Gasteiger partial charge is 0.550 e. The number of carboxylic acids is 1. The van der Waals surface area contributed by atoms with Crippen molar-refractivity contribution in [3.8, 4) is 11.4 Å². The number of nitrogens with zero attached hydrogens (tertiary/aromatic N) is 2. The van der Waals surface area contributed by atoms with E-state index in [2.05, 4.69) is 6.07 Å². The second-order valence-corrected chi connectivity index (χ2v) is 9.17. The van der Waals surface area contributed by atoms with Crippen LogP contribution in [-0.4, -0.2) is 45.3 Å². The predicted molar refractivity (Wildman–Crippen MR) is 131 cm³/mol. The summed E-state index contributed by atoms with van der Waals surface area (Å²) in [4.78, 5) is 10.7. The maximum Gasteiger partial charge on any atom is 1.00 e.